The average molecular weight is 359 g/mol. The van der Waals surface area contributed by atoms with Gasteiger partial charge in [0.25, 0.3) is 0 Å². The third-order valence-corrected chi connectivity index (χ3v) is 4.91. The lowest BCUT2D eigenvalue weighted by Crippen LogP contribution is -2.26. The van der Waals surface area contributed by atoms with Crippen LogP contribution in [0.3, 0.4) is 0 Å². The average Bonchev–Trinajstić information content (AvgIpc) is 2.68. The molecular formula is C13H14INO3. The van der Waals surface area contributed by atoms with Crippen LogP contribution in [0.1, 0.15) is 17.5 Å². The summed E-state index contributed by atoms with van der Waals surface area (Å²) in [5, 5.41) is 8.97. The van der Waals surface area contributed by atoms with Gasteiger partial charge in [0.15, 0.2) is 0 Å². The number of anilines is 1. The van der Waals surface area contributed by atoms with E-state index in [4.69, 9.17) is 5.11 Å². The molecule has 1 atom stereocenters. The first kappa shape index (κ1) is 13.3. The number of hydrogen-bond acceptors (Lipinski definition) is 2. The topological polar surface area (TPSA) is 57.6 Å². The summed E-state index contributed by atoms with van der Waals surface area (Å²) in [6.45, 7) is 4.26. The van der Waals surface area contributed by atoms with Crippen molar-refractivity contribution in [3.8, 4) is 0 Å². The van der Waals surface area contributed by atoms with Gasteiger partial charge in [-0.05, 0) is 59.7 Å². The van der Waals surface area contributed by atoms with E-state index in [0.717, 1.165) is 16.8 Å². The molecule has 1 fully saturated rings. The maximum atomic E-state index is 11.9. The Morgan fingerprint density at radius 2 is 1.94 bits per heavy atom. The Morgan fingerprint density at radius 1 is 1.39 bits per heavy atom. The Hall–Kier alpha value is -1.11. The predicted octanol–water partition coefficient (Wildman–Crippen LogP) is 2.35. The number of amides is 1. The van der Waals surface area contributed by atoms with E-state index in [2.05, 4.69) is 22.6 Å². The van der Waals surface area contributed by atoms with Crippen molar-refractivity contribution in [3.63, 3.8) is 0 Å². The number of carboxylic acid groups (broad SMARTS) is 1. The minimum atomic E-state index is -0.898. The van der Waals surface area contributed by atoms with Crippen molar-refractivity contribution in [2.45, 2.75) is 20.3 Å². The lowest BCUT2D eigenvalue weighted by molar-refractivity contribution is -0.141. The molecule has 1 heterocycles. The fraction of sp³-hybridized carbons (Fsp3) is 0.385. The lowest BCUT2D eigenvalue weighted by Gasteiger charge is -2.18. The number of carbonyl (C=O) groups excluding carboxylic acids is 1. The second kappa shape index (κ2) is 4.87. The van der Waals surface area contributed by atoms with Crippen molar-refractivity contribution in [1.29, 1.82) is 0 Å². The summed E-state index contributed by atoms with van der Waals surface area (Å²) >= 11 is 2.27. The van der Waals surface area contributed by atoms with Crippen LogP contribution in [0.2, 0.25) is 0 Å². The molecule has 1 aromatic carbocycles. The smallest absolute Gasteiger partial charge is 0.308 e. The highest BCUT2D eigenvalue weighted by atomic mass is 127. The quantitative estimate of drug-likeness (QED) is 0.825. The van der Waals surface area contributed by atoms with Gasteiger partial charge in [-0.2, -0.15) is 0 Å². The molecular weight excluding hydrogens is 345 g/mol. The Labute approximate surface area is 119 Å². The monoisotopic (exact) mass is 359 g/mol. The minimum absolute atomic E-state index is 0.0966. The van der Waals surface area contributed by atoms with Crippen molar-refractivity contribution in [1.82, 2.24) is 0 Å². The molecule has 1 saturated heterocycles. The number of benzene rings is 1. The van der Waals surface area contributed by atoms with Crippen LogP contribution in [0.5, 0.6) is 0 Å². The van der Waals surface area contributed by atoms with Crippen molar-refractivity contribution < 1.29 is 14.7 Å². The standard InChI is InChI=1S/C13H14INO3/c1-7-3-10(4-8(2)12(7)14)15-6-9(13(17)18)5-11(15)16/h3-4,9H,5-6H2,1-2H3,(H,17,18)/t9-/m1/s1. The highest BCUT2D eigenvalue weighted by Gasteiger charge is 2.35. The van der Waals surface area contributed by atoms with E-state index in [9.17, 15) is 9.59 Å². The molecule has 4 nitrogen and oxygen atoms in total. The number of aliphatic carboxylic acids is 1. The van der Waals surface area contributed by atoms with E-state index >= 15 is 0 Å². The van der Waals surface area contributed by atoms with Crippen molar-refractivity contribution in [3.05, 3.63) is 26.8 Å². The maximum absolute atomic E-state index is 11.9. The fourth-order valence-electron chi connectivity index (χ4n) is 2.20. The molecule has 96 valence electrons. The van der Waals surface area contributed by atoms with Gasteiger partial charge in [0.05, 0.1) is 5.92 Å². The molecule has 1 aliphatic rings. The summed E-state index contributed by atoms with van der Waals surface area (Å²) in [5.74, 6) is -1.59. The Bertz CT molecular complexity index is 504. The lowest BCUT2D eigenvalue weighted by atomic mass is 10.1. The van der Waals surface area contributed by atoms with E-state index in [-0.39, 0.29) is 18.9 Å². The van der Waals surface area contributed by atoms with Crippen LogP contribution >= 0.6 is 22.6 Å². The van der Waals surface area contributed by atoms with Gasteiger partial charge in [-0.15, -0.1) is 0 Å². The second-order valence-corrected chi connectivity index (χ2v) is 5.72. The molecule has 0 spiro atoms. The first-order chi connectivity index (χ1) is 8.40. The Kier molecular flexibility index (Phi) is 3.61. The second-order valence-electron chi connectivity index (χ2n) is 4.64. The maximum Gasteiger partial charge on any atom is 0.308 e. The molecule has 0 saturated carbocycles. The van der Waals surface area contributed by atoms with Crippen LogP contribution < -0.4 is 4.90 Å². The number of aryl methyl sites for hydroxylation is 2. The summed E-state index contributed by atoms with van der Waals surface area (Å²) in [5.41, 5.74) is 3.02. The van der Waals surface area contributed by atoms with Gasteiger partial charge in [0.1, 0.15) is 0 Å². The molecule has 1 aromatic rings. The van der Waals surface area contributed by atoms with Crippen LogP contribution in [0.15, 0.2) is 12.1 Å². The van der Waals surface area contributed by atoms with Gasteiger partial charge in [-0.3, -0.25) is 9.59 Å². The SMILES string of the molecule is Cc1cc(N2C[C@H](C(=O)O)CC2=O)cc(C)c1I. The zero-order valence-electron chi connectivity index (χ0n) is 10.2. The van der Waals surface area contributed by atoms with Gasteiger partial charge >= 0.3 is 5.97 Å². The number of halogens is 1. The van der Waals surface area contributed by atoms with E-state index in [0.29, 0.717) is 0 Å². The van der Waals surface area contributed by atoms with Crippen LogP contribution in [0, 0.1) is 23.3 Å². The number of carboxylic acids is 1. The molecule has 0 aromatic heterocycles. The summed E-state index contributed by atoms with van der Waals surface area (Å²) in [6.07, 6.45) is 0.0966. The Morgan fingerprint density at radius 3 is 2.39 bits per heavy atom. The van der Waals surface area contributed by atoms with Gasteiger partial charge in [-0.1, -0.05) is 0 Å². The number of hydrogen-bond donors (Lipinski definition) is 1. The molecule has 0 radical (unpaired) electrons. The molecule has 0 bridgehead atoms. The van der Waals surface area contributed by atoms with Gasteiger partial charge in [-0.25, -0.2) is 0 Å². The normalized spacial score (nSPS) is 19.4. The highest BCUT2D eigenvalue weighted by molar-refractivity contribution is 14.1. The van der Waals surface area contributed by atoms with Crippen LogP contribution in [0.25, 0.3) is 0 Å². The molecule has 1 N–H and O–H groups in total. The molecule has 1 aliphatic heterocycles. The molecule has 5 heteroatoms. The minimum Gasteiger partial charge on any atom is -0.481 e. The molecule has 0 unspecified atom stereocenters. The highest BCUT2D eigenvalue weighted by Crippen LogP contribution is 2.29. The summed E-state index contributed by atoms with van der Waals surface area (Å²) in [6, 6.07) is 3.88. The summed E-state index contributed by atoms with van der Waals surface area (Å²) in [4.78, 5) is 24.4. The molecule has 2 rings (SSSR count). The van der Waals surface area contributed by atoms with Crippen LogP contribution in [-0.2, 0) is 9.59 Å². The Balaban J connectivity index is 2.33. The zero-order valence-corrected chi connectivity index (χ0v) is 12.4. The zero-order chi connectivity index (χ0) is 13.4. The van der Waals surface area contributed by atoms with Crippen molar-refractivity contribution in [2.75, 3.05) is 11.4 Å². The van der Waals surface area contributed by atoms with Crippen LogP contribution in [-0.4, -0.2) is 23.5 Å². The van der Waals surface area contributed by atoms with E-state index in [1.165, 1.54) is 3.57 Å². The largest absolute Gasteiger partial charge is 0.481 e. The third kappa shape index (κ3) is 2.36. The van der Waals surface area contributed by atoms with E-state index in [1.807, 2.05) is 26.0 Å². The predicted molar refractivity (Wildman–Crippen MR) is 76.7 cm³/mol. The third-order valence-electron chi connectivity index (χ3n) is 3.21. The number of rotatable bonds is 2. The van der Waals surface area contributed by atoms with Gasteiger partial charge in [0.2, 0.25) is 5.91 Å². The van der Waals surface area contributed by atoms with Gasteiger partial charge < -0.3 is 10.0 Å². The van der Waals surface area contributed by atoms with E-state index < -0.39 is 11.9 Å². The number of carbonyl (C=O) groups is 2. The first-order valence-corrected chi connectivity index (χ1v) is 6.78. The van der Waals surface area contributed by atoms with Gasteiger partial charge in [0, 0.05) is 22.2 Å². The first-order valence-electron chi connectivity index (χ1n) is 5.70. The molecule has 0 aliphatic carbocycles. The van der Waals surface area contributed by atoms with Crippen molar-refractivity contribution >= 4 is 40.2 Å². The molecule has 18 heavy (non-hydrogen) atoms. The fourth-order valence-corrected chi connectivity index (χ4v) is 2.51. The van der Waals surface area contributed by atoms with Crippen molar-refractivity contribution in [2.24, 2.45) is 5.92 Å². The summed E-state index contributed by atoms with van der Waals surface area (Å²) < 4.78 is 1.18. The molecule has 1 amide bonds. The number of nitrogens with zero attached hydrogens (tertiary/aromatic N) is 1. The van der Waals surface area contributed by atoms with E-state index in [1.54, 1.807) is 4.90 Å². The van der Waals surface area contributed by atoms with Crippen LogP contribution in [0.4, 0.5) is 5.69 Å². The summed E-state index contributed by atoms with van der Waals surface area (Å²) in [7, 11) is 0.